The molecule has 2 heteroatoms. The third-order valence-corrected chi connectivity index (χ3v) is 5.41. The highest BCUT2D eigenvalue weighted by molar-refractivity contribution is 5.14. The van der Waals surface area contributed by atoms with Crippen LogP contribution in [0.3, 0.4) is 0 Å². The first-order valence-electron chi connectivity index (χ1n) is 8.16. The van der Waals surface area contributed by atoms with Gasteiger partial charge in [0, 0.05) is 6.04 Å². The van der Waals surface area contributed by atoms with Crippen molar-refractivity contribution >= 4 is 0 Å². The second kappa shape index (κ2) is 5.83. The molecular formula is C17H30N2. The molecule has 0 spiro atoms. The molecule has 19 heavy (non-hydrogen) atoms. The highest BCUT2D eigenvalue weighted by Crippen LogP contribution is 2.44. The monoisotopic (exact) mass is 262 g/mol. The van der Waals surface area contributed by atoms with Crippen LogP contribution < -0.4 is 5.32 Å². The quantitative estimate of drug-likeness (QED) is 0.748. The Kier molecular flexibility index (Phi) is 4.56. The molecule has 0 saturated heterocycles. The lowest BCUT2D eigenvalue weighted by molar-refractivity contribution is 0.0985. The lowest BCUT2D eigenvalue weighted by Crippen LogP contribution is -2.57. The SMILES string of the molecule is CC1CC(C)(C)CCC1(C#N)NC1CCCCCC1. The summed E-state index contributed by atoms with van der Waals surface area (Å²) in [7, 11) is 0. The number of nitriles is 1. The van der Waals surface area contributed by atoms with Crippen LogP contribution in [0.2, 0.25) is 0 Å². The number of nitrogens with one attached hydrogen (secondary N) is 1. The Morgan fingerprint density at radius 1 is 1.05 bits per heavy atom. The largest absolute Gasteiger partial charge is 0.296 e. The van der Waals surface area contributed by atoms with E-state index < -0.39 is 0 Å². The minimum atomic E-state index is -0.259. The molecule has 2 saturated carbocycles. The van der Waals surface area contributed by atoms with Gasteiger partial charge in [-0.25, -0.2) is 0 Å². The first-order valence-corrected chi connectivity index (χ1v) is 8.16. The minimum absolute atomic E-state index is 0.259. The van der Waals surface area contributed by atoms with Gasteiger partial charge in [0.25, 0.3) is 0 Å². The van der Waals surface area contributed by atoms with E-state index >= 15 is 0 Å². The summed E-state index contributed by atoms with van der Waals surface area (Å²) in [4.78, 5) is 0. The standard InChI is InChI=1S/C17H30N2/c1-14-12-16(2,3)10-11-17(14,13-18)19-15-8-6-4-5-7-9-15/h14-15,19H,4-12H2,1-3H3. The zero-order valence-corrected chi connectivity index (χ0v) is 13.0. The van der Waals surface area contributed by atoms with E-state index in [1.807, 2.05) is 0 Å². The summed E-state index contributed by atoms with van der Waals surface area (Å²) in [5, 5.41) is 13.6. The maximum atomic E-state index is 9.77. The molecule has 2 rings (SSSR count). The first-order chi connectivity index (χ1) is 8.97. The van der Waals surface area contributed by atoms with Gasteiger partial charge in [0.2, 0.25) is 0 Å². The Bertz CT molecular complexity index is 334. The van der Waals surface area contributed by atoms with Crippen molar-refractivity contribution in [3.05, 3.63) is 0 Å². The average molecular weight is 262 g/mol. The van der Waals surface area contributed by atoms with Gasteiger partial charge in [-0.3, -0.25) is 5.32 Å². The highest BCUT2D eigenvalue weighted by Gasteiger charge is 2.45. The zero-order valence-electron chi connectivity index (χ0n) is 13.0. The fourth-order valence-corrected chi connectivity index (χ4v) is 4.09. The molecule has 0 amide bonds. The van der Waals surface area contributed by atoms with E-state index in [9.17, 15) is 5.26 Å². The second-order valence-electron chi connectivity index (χ2n) is 7.69. The van der Waals surface area contributed by atoms with Crippen molar-refractivity contribution in [1.82, 2.24) is 5.32 Å². The maximum Gasteiger partial charge on any atom is 0.109 e. The molecule has 108 valence electrons. The highest BCUT2D eigenvalue weighted by atomic mass is 15.0. The van der Waals surface area contributed by atoms with Crippen molar-refractivity contribution in [3.63, 3.8) is 0 Å². The van der Waals surface area contributed by atoms with E-state index in [2.05, 4.69) is 32.2 Å². The topological polar surface area (TPSA) is 35.8 Å². The maximum absolute atomic E-state index is 9.77. The van der Waals surface area contributed by atoms with E-state index in [0.29, 0.717) is 17.4 Å². The Morgan fingerprint density at radius 2 is 1.68 bits per heavy atom. The van der Waals surface area contributed by atoms with Crippen molar-refractivity contribution in [1.29, 1.82) is 5.26 Å². The van der Waals surface area contributed by atoms with E-state index in [-0.39, 0.29) is 5.54 Å². The number of hydrogen-bond donors (Lipinski definition) is 1. The molecule has 2 nitrogen and oxygen atoms in total. The number of nitrogens with zero attached hydrogens (tertiary/aromatic N) is 1. The third kappa shape index (κ3) is 3.51. The fraction of sp³-hybridized carbons (Fsp3) is 0.941. The summed E-state index contributed by atoms with van der Waals surface area (Å²) in [5.41, 5.74) is 0.148. The van der Waals surface area contributed by atoms with Gasteiger partial charge < -0.3 is 0 Å². The summed E-state index contributed by atoms with van der Waals surface area (Å²) in [6, 6.07) is 3.24. The van der Waals surface area contributed by atoms with Crippen molar-refractivity contribution in [2.75, 3.05) is 0 Å². The second-order valence-corrected chi connectivity index (χ2v) is 7.69. The van der Waals surface area contributed by atoms with Crippen LogP contribution in [0, 0.1) is 22.7 Å². The molecule has 0 bridgehead atoms. The molecule has 0 aromatic carbocycles. The fourth-order valence-electron chi connectivity index (χ4n) is 4.09. The predicted octanol–water partition coefficient (Wildman–Crippen LogP) is 4.41. The van der Waals surface area contributed by atoms with Crippen LogP contribution >= 0.6 is 0 Å². The van der Waals surface area contributed by atoms with Gasteiger partial charge in [0.05, 0.1) is 6.07 Å². The van der Waals surface area contributed by atoms with Gasteiger partial charge in [-0.05, 0) is 43.4 Å². The van der Waals surface area contributed by atoms with Crippen molar-refractivity contribution in [2.24, 2.45) is 11.3 Å². The zero-order chi connectivity index (χ0) is 13.9. The Balaban J connectivity index is 2.04. The van der Waals surface area contributed by atoms with Crippen LogP contribution in [0.1, 0.15) is 78.6 Å². The van der Waals surface area contributed by atoms with Crippen LogP contribution in [0.4, 0.5) is 0 Å². The van der Waals surface area contributed by atoms with Gasteiger partial charge in [-0.2, -0.15) is 5.26 Å². The lowest BCUT2D eigenvalue weighted by atomic mass is 9.64. The molecular weight excluding hydrogens is 232 g/mol. The summed E-state index contributed by atoms with van der Waals surface area (Å²) in [6.07, 6.45) is 11.3. The van der Waals surface area contributed by atoms with Gasteiger partial charge in [0.1, 0.15) is 5.54 Å². The molecule has 0 radical (unpaired) electrons. The molecule has 0 aromatic heterocycles. The van der Waals surface area contributed by atoms with Crippen molar-refractivity contribution in [3.8, 4) is 6.07 Å². The lowest BCUT2D eigenvalue weighted by Gasteiger charge is -2.46. The first kappa shape index (κ1) is 14.9. The third-order valence-electron chi connectivity index (χ3n) is 5.41. The number of rotatable bonds is 2. The van der Waals surface area contributed by atoms with E-state index in [1.165, 1.54) is 51.4 Å². The summed E-state index contributed by atoms with van der Waals surface area (Å²) < 4.78 is 0. The van der Waals surface area contributed by atoms with Crippen molar-refractivity contribution in [2.45, 2.75) is 90.1 Å². The number of hydrogen-bond acceptors (Lipinski definition) is 2. The van der Waals surface area contributed by atoms with E-state index in [1.54, 1.807) is 0 Å². The molecule has 2 unspecified atom stereocenters. The molecule has 0 aromatic rings. The molecule has 2 fully saturated rings. The van der Waals surface area contributed by atoms with Gasteiger partial charge in [-0.1, -0.05) is 46.5 Å². The summed E-state index contributed by atoms with van der Waals surface area (Å²) in [6.45, 7) is 6.96. The van der Waals surface area contributed by atoms with E-state index in [4.69, 9.17) is 0 Å². The van der Waals surface area contributed by atoms with Crippen molar-refractivity contribution < 1.29 is 0 Å². The van der Waals surface area contributed by atoms with Crippen LogP contribution in [-0.2, 0) is 0 Å². The minimum Gasteiger partial charge on any atom is -0.296 e. The van der Waals surface area contributed by atoms with Gasteiger partial charge in [0.15, 0.2) is 0 Å². The molecule has 2 atom stereocenters. The van der Waals surface area contributed by atoms with E-state index in [0.717, 1.165) is 6.42 Å². The van der Waals surface area contributed by atoms with Crippen LogP contribution in [0.15, 0.2) is 0 Å². The normalized spacial score (nSPS) is 36.4. The predicted molar refractivity (Wildman–Crippen MR) is 79.8 cm³/mol. The molecule has 2 aliphatic carbocycles. The Morgan fingerprint density at radius 3 is 2.21 bits per heavy atom. The molecule has 1 N–H and O–H groups in total. The Labute approximate surface area is 119 Å². The Hall–Kier alpha value is -0.550. The van der Waals surface area contributed by atoms with Gasteiger partial charge >= 0.3 is 0 Å². The molecule has 2 aliphatic rings. The molecule has 0 aliphatic heterocycles. The van der Waals surface area contributed by atoms with Gasteiger partial charge in [-0.15, -0.1) is 0 Å². The summed E-state index contributed by atoms with van der Waals surface area (Å²) >= 11 is 0. The van der Waals surface area contributed by atoms with Crippen LogP contribution in [-0.4, -0.2) is 11.6 Å². The van der Waals surface area contributed by atoms with Crippen LogP contribution in [0.5, 0.6) is 0 Å². The smallest absolute Gasteiger partial charge is 0.109 e. The summed E-state index contributed by atoms with van der Waals surface area (Å²) in [5.74, 6) is 0.463. The van der Waals surface area contributed by atoms with Crippen LogP contribution in [0.25, 0.3) is 0 Å². The average Bonchev–Trinajstić information content (AvgIpc) is 2.61. The molecule has 0 heterocycles.